The van der Waals surface area contributed by atoms with Crippen LogP contribution in [0.2, 0.25) is 0 Å². The van der Waals surface area contributed by atoms with Gasteiger partial charge in [0, 0.05) is 11.0 Å². The quantitative estimate of drug-likeness (QED) is 0.607. The lowest BCUT2D eigenvalue weighted by Gasteiger charge is -2.11. The molecule has 0 radical (unpaired) electrons. The van der Waals surface area contributed by atoms with Crippen molar-refractivity contribution in [2.75, 3.05) is 7.11 Å². The normalized spacial score (nSPS) is 12.0. The number of halogens is 2. The summed E-state index contributed by atoms with van der Waals surface area (Å²) in [5, 5.41) is -0.474. The Balaban J connectivity index is 2.11. The van der Waals surface area contributed by atoms with Gasteiger partial charge in [0.05, 0.1) is 17.9 Å². The van der Waals surface area contributed by atoms with Gasteiger partial charge in [-0.2, -0.15) is 0 Å². The molecule has 0 spiro atoms. The van der Waals surface area contributed by atoms with Gasteiger partial charge in [0.2, 0.25) is 0 Å². The molecule has 0 bridgehead atoms. The lowest BCUT2D eigenvalue weighted by molar-refractivity contribution is 0.0990. The molecule has 2 nitrogen and oxygen atoms in total. The highest BCUT2D eigenvalue weighted by Crippen LogP contribution is 2.28. The van der Waals surface area contributed by atoms with Crippen molar-refractivity contribution in [3.8, 4) is 5.75 Å². The highest BCUT2D eigenvalue weighted by Gasteiger charge is 2.20. The number of Topliss-reactive ketones (excluding diaryl/α,β-unsaturated/α-hetero) is 1. The second kappa shape index (κ2) is 6.72. The number of ether oxygens (including phenoxy) is 1. The summed E-state index contributed by atoms with van der Waals surface area (Å²) in [4.78, 5) is 13.1. The largest absolute Gasteiger partial charge is 0.497 e. The monoisotopic (exact) mass is 308 g/mol. The minimum Gasteiger partial charge on any atom is -0.497 e. The van der Waals surface area contributed by atoms with Crippen LogP contribution in [0, 0.1) is 11.6 Å². The Morgan fingerprint density at radius 3 is 2.38 bits per heavy atom. The fraction of sp³-hybridized carbons (Fsp3) is 0.188. The molecule has 1 atom stereocenters. The average molecular weight is 308 g/mol. The van der Waals surface area contributed by atoms with Crippen molar-refractivity contribution in [1.82, 2.24) is 0 Å². The highest BCUT2D eigenvalue weighted by molar-refractivity contribution is 8.00. The molecule has 0 fully saturated rings. The molecular weight excluding hydrogens is 294 g/mol. The van der Waals surface area contributed by atoms with Gasteiger partial charge in [-0.1, -0.05) is 0 Å². The van der Waals surface area contributed by atoms with Gasteiger partial charge in [-0.3, -0.25) is 4.79 Å². The van der Waals surface area contributed by atoms with Gasteiger partial charge in [0.15, 0.2) is 5.78 Å². The summed E-state index contributed by atoms with van der Waals surface area (Å²) in [6.45, 7) is 1.69. The first-order valence-electron chi connectivity index (χ1n) is 6.31. The van der Waals surface area contributed by atoms with E-state index < -0.39 is 16.9 Å². The van der Waals surface area contributed by atoms with E-state index in [1.54, 1.807) is 26.2 Å². The molecule has 0 saturated carbocycles. The van der Waals surface area contributed by atoms with Gasteiger partial charge in [-0.15, -0.1) is 11.8 Å². The van der Waals surface area contributed by atoms with E-state index in [0.717, 1.165) is 22.8 Å². The number of carbonyl (C=O) groups excluding carboxylic acids is 1. The van der Waals surface area contributed by atoms with Gasteiger partial charge < -0.3 is 4.74 Å². The minimum absolute atomic E-state index is 0.0927. The third-order valence-electron chi connectivity index (χ3n) is 2.94. The van der Waals surface area contributed by atoms with Gasteiger partial charge in [0.25, 0.3) is 0 Å². The lowest BCUT2D eigenvalue weighted by Crippen LogP contribution is -2.15. The maximum absolute atomic E-state index is 13.6. The fourth-order valence-electron chi connectivity index (χ4n) is 1.82. The number of carbonyl (C=O) groups is 1. The summed E-state index contributed by atoms with van der Waals surface area (Å²) in [6, 6.07) is 10.2. The van der Waals surface area contributed by atoms with Crippen molar-refractivity contribution in [3.05, 3.63) is 59.7 Å². The van der Waals surface area contributed by atoms with E-state index >= 15 is 0 Å². The van der Waals surface area contributed by atoms with E-state index in [4.69, 9.17) is 4.74 Å². The van der Waals surface area contributed by atoms with E-state index in [9.17, 15) is 13.6 Å². The molecular formula is C16H14F2O2S. The van der Waals surface area contributed by atoms with Crippen LogP contribution in [-0.2, 0) is 0 Å². The van der Waals surface area contributed by atoms with Gasteiger partial charge >= 0.3 is 0 Å². The Morgan fingerprint density at radius 1 is 1.14 bits per heavy atom. The third kappa shape index (κ3) is 3.82. The van der Waals surface area contributed by atoms with Crippen LogP contribution in [-0.4, -0.2) is 18.1 Å². The average Bonchev–Trinajstić information content (AvgIpc) is 2.47. The molecule has 0 aromatic heterocycles. The lowest BCUT2D eigenvalue weighted by atomic mass is 10.1. The molecule has 0 heterocycles. The first-order valence-corrected chi connectivity index (χ1v) is 7.19. The van der Waals surface area contributed by atoms with Gasteiger partial charge in [-0.05, 0) is 43.3 Å². The van der Waals surface area contributed by atoms with Crippen LogP contribution in [0.25, 0.3) is 0 Å². The van der Waals surface area contributed by atoms with Crippen molar-refractivity contribution in [1.29, 1.82) is 0 Å². The van der Waals surface area contributed by atoms with Crippen molar-refractivity contribution in [2.24, 2.45) is 0 Å². The zero-order valence-corrected chi connectivity index (χ0v) is 12.4. The number of hydrogen-bond donors (Lipinski definition) is 0. The number of methoxy groups -OCH3 is 1. The summed E-state index contributed by atoms with van der Waals surface area (Å²) >= 11 is 1.31. The summed E-state index contributed by atoms with van der Waals surface area (Å²) in [5.74, 6) is -1.17. The molecule has 2 aromatic rings. The maximum Gasteiger partial charge on any atom is 0.178 e. The molecule has 2 aromatic carbocycles. The zero-order valence-electron chi connectivity index (χ0n) is 11.6. The molecule has 110 valence electrons. The molecule has 21 heavy (non-hydrogen) atoms. The molecule has 0 saturated heterocycles. The Morgan fingerprint density at radius 2 is 1.81 bits per heavy atom. The standard InChI is InChI=1S/C16H14F2O2S/c1-10(21-13-6-4-12(20-2)5-7-13)16(19)14-8-3-11(17)9-15(14)18/h3-10H,1-2H3. The first kappa shape index (κ1) is 15.5. The molecule has 1 unspecified atom stereocenters. The minimum atomic E-state index is -0.831. The Labute approximate surface area is 126 Å². The zero-order chi connectivity index (χ0) is 15.4. The van der Waals surface area contributed by atoms with Crippen LogP contribution in [0.3, 0.4) is 0 Å². The molecule has 0 N–H and O–H groups in total. The van der Waals surface area contributed by atoms with Crippen LogP contribution in [0.1, 0.15) is 17.3 Å². The molecule has 0 aliphatic carbocycles. The van der Waals surface area contributed by atoms with Gasteiger partial charge in [0.1, 0.15) is 17.4 Å². The third-order valence-corrected chi connectivity index (χ3v) is 4.05. The number of thioether (sulfide) groups is 1. The van der Waals surface area contributed by atoms with E-state index in [2.05, 4.69) is 0 Å². The number of hydrogen-bond acceptors (Lipinski definition) is 3. The van der Waals surface area contributed by atoms with Crippen LogP contribution >= 0.6 is 11.8 Å². The van der Waals surface area contributed by atoms with Crippen molar-refractivity contribution in [3.63, 3.8) is 0 Å². The van der Waals surface area contributed by atoms with Crippen molar-refractivity contribution < 1.29 is 18.3 Å². The fourth-order valence-corrected chi connectivity index (χ4v) is 2.76. The predicted octanol–water partition coefficient (Wildman–Crippen LogP) is 4.34. The van der Waals surface area contributed by atoms with Crippen LogP contribution in [0.4, 0.5) is 8.78 Å². The molecule has 0 aliphatic rings. The molecule has 5 heteroatoms. The van der Waals surface area contributed by atoms with E-state index in [1.165, 1.54) is 17.8 Å². The van der Waals surface area contributed by atoms with E-state index in [0.29, 0.717) is 0 Å². The van der Waals surface area contributed by atoms with E-state index in [1.807, 2.05) is 12.1 Å². The second-order valence-corrected chi connectivity index (χ2v) is 5.84. The number of ketones is 1. The molecule has 0 aliphatic heterocycles. The maximum atomic E-state index is 13.6. The van der Waals surface area contributed by atoms with Crippen molar-refractivity contribution in [2.45, 2.75) is 17.1 Å². The van der Waals surface area contributed by atoms with Crippen LogP contribution < -0.4 is 4.74 Å². The second-order valence-electron chi connectivity index (χ2n) is 4.42. The molecule has 2 rings (SSSR count). The SMILES string of the molecule is COc1ccc(SC(C)C(=O)c2ccc(F)cc2F)cc1. The summed E-state index contributed by atoms with van der Waals surface area (Å²) in [7, 11) is 1.58. The first-order chi connectivity index (χ1) is 10.0. The Kier molecular flexibility index (Phi) is 4.96. The predicted molar refractivity (Wildman–Crippen MR) is 79.0 cm³/mol. The molecule has 0 amide bonds. The van der Waals surface area contributed by atoms with E-state index in [-0.39, 0.29) is 11.3 Å². The number of benzene rings is 2. The smallest absolute Gasteiger partial charge is 0.178 e. The van der Waals surface area contributed by atoms with Crippen LogP contribution in [0.5, 0.6) is 5.75 Å². The topological polar surface area (TPSA) is 26.3 Å². The summed E-state index contributed by atoms with van der Waals surface area (Å²) in [6.07, 6.45) is 0. The summed E-state index contributed by atoms with van der Waals surface area (Å²) < 4.78 is 31.5. The Bertz CT molecular complexity index is 641. The van der Waals surface area contributed by atoms with Crippen LogP contribution in [0.15, 0.2) is 47.4 Å². The Hall–Kier alpha value is -1.88. The highest BCUT2D eigenvalue weighted by atomic mass is 32.2. The summed E-state index contributed by atoms with van der Waals surface area (Å²) in [5.41, 5.74) is -0.0927. The van der Waals surface area contributed by atoms with Crippen molar-refractivity contribution >= 4 is 17.5 Å². The van der Waals surface area contributed by atoms with Gasteiger partial charge in [-0.25, -0.2) is 8.78 Å². The number of rotatable bonds is 5.